The first-order valence-electron chi connectivity index (χ1n) is 6.10. The van der Waals surface area contributed by atoms with Crippen LogP contribution in [0.4, 0.5) is 5.69 Å². The van der Waals surface area contributed by atoms with E-state index < -0.39 is 15.6 Å². The van der Waals surface area contributed by atoms with Crippen LogP contribution >= 0.6 is 11.6 Å². The zero-order valence-corrected chi connectivity index (χ0v) is 11.8. The van der Waals surface area contributed by atoms with Gasteiger partial charge in [0, 0.05) is 18.1 Å². The second kappa shape index (κ2) is 4.09. The van der Waals surface area contributed by atoms with E-state index in [-0.39, 0.29) is 29.6 Å². The smallest absolute Gasteiger partial charge is 0.245 e. The average Bonchev–Trinajstić information content (AvgIpc) is 3.12. The molecule has 0 bridgehead atoms. The van der Waals surface area contributed by atoms with Gasteiger partial charge in [-0.2, -0.15) is 4.31 Å². The Morgan fingerprint density at radius 2 is 2.00 bits per heavy atom. The molecule has 1 heterocycles. The fraction of sp³-hybridized carbons (Fsp3) is 0.500. The molecule has 19 heavy (non-hydrogen) atoms. The highest BCUT2D eigenvalue weighted by Gasteiger charge is 2.55. The minimum absolute atomic E-state index is 0.0119. The third-order valence-electron chi connectivity index (χ3n) is 3.83. The van der Waals surface area contributed by atoms with Crippen molar-refractivity contribution in [3.8, 4) is 0 Å². The van der Waals surface area contributed by atoms with Crippen molar-refractivity contribution < 1.29 is 13.5 Å². The number of nitrogen functional groups attached to an aromatic ring is 1. The second-order valence-corrected chi connectivity index (χ2v) is 7.68. The molecule has 1 saturated heterocycles. The molecule has 0 unspecified atom stereocenters. The lowest BCUT2D eigenvalue weighted by Gasteiger charge is -2.45. The molecule has 3 rings (SSSR count). The molecule has 1 aromatic carbocycles. The predicted molar refractivity (Wildman–Crippen MR) is 72.3 cm³/mol. The number of nitrogens with two attached hydrogens (primary N) is 1. The molecular weight excluding hydrogens is 288 g/mol. The molecule has 0 aromatic heterocycles. The highest BCUT2D eigenvalue weighted by molar-refractivity contribution is 7.89. The summed E-state index contributed by atoms with van der Waals surface area (Å²) < 4.78 is 26.0. The van der Waals surface area contributed by atoms with E-state index in [1.54, 1.807) is 6.07 Å². The number of benzene rings is 1. The summed E-state index contributed by atoms with van der Waals surface area (Å²) in [7, 11) is -3.67. The molecule has 5 nitrogen and oxygen atoms in total. The summed E-state index contributed by atoms with van der Waals surface area (Å²) in [6.07, 6.45) is 1.95. The first-order chi connectivity index (χ1) is 8.83. The van der Waals surface area contributed by atoms with Gasteiger partial charge in [-0.15, -0.1) is 0 Å². The van der Waals surface area contributed by atoms with Crippen molar-refractivity contribution in [3.05, 3.63) is 23.2 Å². The number of hydrogen-bond donors (Lipinski definition) is 2. The Bertz CT molecular complexity index is 622. The number of aliphatic hydroxyl groups is 1. The fourth-order valence-electron chi connectivity index (χ4n) is 2.48. The monoisotopic (exact) mass is 302 g/mol. The molecule has 1 aliphatic carbocycles. The topological polar surface area (TPSA) is 83.6 Å². The lowest BCUT2D eigenvalue weighted by Crippen LogP contribution is -2.64. The van der Waals surface area contributed by atoms with Gasteiger partial charge in [-0.25, -0.2) is 8.42 Å². The molecular formula is C12H15ClN2O3S. The number of sulfonamides is 1. The van der Waals surface area contributed by atoms with Crippen LogP contribution in [-0.4, -0.2) is 36.5 Å². The quantitative estimate of drug-likeness (QED) is 0.818. The maximum Gasteiger partial charge on any atom is 0.245 e. The molecule has 2 aliphatic rings. The van der Waals surface area contributed by atoms with Gasteiger partial charge in [-0.05, 0) is 37.0 Å². The van der Waals surface area contributed by atoms with Gasteiger partial charge in [-0.1, -0.05) is 11.6 Å². The molecule has 0 spiro atoms. The number of anilines is 1. The number of hydrogen-bond acceptors (Lipinski definition) is 4. The Morgan fingerprint density at radius 1 is 1.37 bits per heavy atom. The van der Waals surface area contributed by atoms with Crippen LogP contribution in [0, 0.1) is 5.92 Å². The largest absolute Gasteiger partial charge is 0.398 e. The third kappa shape index (κ3) is 2.12. The van der Waals surface area contributed by atoms with Crippen LogP contribution in [0.3, 0.4) is 0 Å². The van der Waals surface area contributed by atoms with E-state index >= 15 is 0 Å². The van der Waals surface area contributed by atoms with Crippen LogP contribution in [0.25, 0.3) is 0 Å². The van der Waals surface area contributed by atoms with Crippen molar-refractivity contribution in [2.75, 3.05) is 18.8 Å². The molecule has 1 aliphatic heterocycles. The highest BCUT2D eigenvalue weighted by atomic mass is 35.5. The van der Waals surface area contributed by atoms with Crippen molar-refractivity contribution in [3.63, 3.8) is 0 Å². The van der Waals surface area contributed by atoms with Crippen molar-refractivity contribution in [1.82, 2.24) is 4.31 Å². The van der Waals surface area contributed by atoms with Gasteiger partial charge in [0.2, 0.25) is 10.0 Å². The van der Waals surface area contributed by atoms with Crippen molar-refractivity contribution in [1.29, 1.82) is 0 Å². The Hall–Kier alpha value is -0.820. The van der Waals surface area contributed by atoms with Gasteiger partial charge in [0.1, 0.15) is 4.90 Å². The Labute approximate surface area is 117 Å². The lowest BCUT2D eigenvalue weighted by molar-refractivity contribution is -0.0764. The molecule has 0 amide bonds. The standard InChI is InChI=1S/C12H15ClN2O3S/c13-9-3-4-10(14)11(5-9)19(17,18)15-6-12(16,7-15)8-1-2-8/h3-5,8,16H,1-2,6-7,14H2. The van der Waals surface area contributed by atoms with E-state index in [0.29, 0.717) is 5.02 Å². The van der Waals surface area contributed by atoms with Crippen LogP contribution in [0.5, 0.6) is 0 Å². The molecule has 0 radical (unpaired) electrons. The minimum Gasteiger partial charge on any atom is -0.398 e. The Balaban J connectivity index is 1.86. The van der Waals surface area contributed by atoms with E-state index in [0.717, 1.165) is 12.8 Å². The number of rotatable bonds is 3. The maximum absolute atomic E-state index is 12.4. The van der Waals surface area contributed by atoms with Crippen LogP contribution in [0.2, 0.25) is 5.02 Å². The molecule has 3 N–H and O–H groups in total. The van der Waals surface area contributed by atoms with E-state index in [9.17, 15) is 13.5 Å². The van der Waals surface area contributed by atoms with Gasteiger partial charge in [-0.3, -0.25) is 0 Å². The number of halogens is 1. The van der Waals surface area contributed by atoms with Crippen LogP contribution in [0.15, 0.2) is 23.1 Å². The van der Waals surface area contributed by atoms with E-state index in [4.69, 9.17) is 17.3 Å². The van der Waals surface area contributed by atoms with Crippen molar-refractivity contribution >= 4 is 27.3 Å². The van der Waals surface area contributed by atoms with Gasteiger partial charge < -0.3 is 10.8 Å². The summed E-state index contributed by atoms with van der Waals surface area (Å²) in [5.41, 5.74) is 5.03. The van der Waals surface area contributed by atoms with Gasteiger partial charge >= 0.3 is 0 Å². The second-order valence-electron chi connectivity index (χ2n) is 5.33. The predicted octanol–water partition coefficient (Wildman–Crippen LogP) is 1.07. The normalized spacial score (nSPS) is 23.1. The van der Waals surface area contributed by atoms with Crippen molar-refractivity contribution in [2.24, 2.45) is 5.92 Å². The Kier molecular flexibility index (Phi) is 2.83. The van der Waals surface area contributed by atoms with Crippen LogP contribution in [0.1, 0.15) is 12.8 Å². The lowest BCUT2D eigenvalue weighted by atomic mass is 9.91. The minimum atomic E-state index is -3.67. The first-order valence-corrected chi connectivity index (χ1v) is 7.92. The van der Waals surface area contributed by atoms with Gasteiger partial charge in [0.05, 0.1) is 11.3 Å². The number of nitrogens with zero attached hydrogens (tertiary/aromatic N) is 1. The van der Waals surface area contributed by atoms with Gasteiger partial charge in [0.25, 0.3) is 0 Å². The maximum atomic E-state index is 12.4. The van der Waals surface area contributed by atoms with Crippen molar-refractivity contribution in [2.45, 2.75) is 23.3 Å². The van der Waals surface area contributed by atoms with Crippen LogP contribution in [-0.2, 0) is 10.0 Å². The van der Waals surface area contributed by atoms with Crippen LogP contribution < -0.4 is 5.73 Å². The summed E-state index contributed by atoms with van der Waals surface area (Å²) in [6.45, 7) is 0.290. The summed E-state index contributed by atoms with van der Waals surface area (Å²) in [4.78, 5) is 0.0119. The molecule has 2 fully saturated rings. The summed E-state index contributed by atoms with van der Waals surface area (Å²) in [6, 6.07) is 4.37. The highest BCUT2D eigenvalue weighted by Crippen LogP contribution is 2.46. The molecule has 0 atom stereocenters. The average molecular weight is 303 g/mol. The van der Waals surface area contributed by atoms with E-state index in [1.807, 2.05) is 0 Å². The molecule has 104 valence electrons. The summed E-state index contributed by atoms with van der Waals surface area (Å²) in [5.74, 6) is 0.246. The fourth-order valence-corrected chi connectivity index (χ4v) is 4.43. The number of β-amino-alcohol motifs (C(OH)–C–C–N with tert-alkyl or cyclic N) is 1. The van der Waals surface area contributed by atoms with Gasteiger partial charge in [0.15, 0.2) is 0 Å². The Morgan fingerprint density at radius 3 is 2.58 bits per heavy atom. The summed E-state index contributed by atoms with van der Waals surface area (Å²) in [5, 5.41) is 10.5. The molecule has 1 aromatic rings. The zero-order valence-electron chi connectivity index (χ0n) is 10.2. The first kappa shape index (κ1) is 13.2. The summed E-state index contributed by atoms with van der Waals surface area (Å²) >= 11 is 5.82. The molecule has 7 heteroatoms. The van der Waals surface area contributed by atoms with E-state index in [2.05, 4.69) is 0 Å². The third-order valence-corrected chi connectivity index (χ3v) is 5.91. The SMILES string of the molecule is Nc1ccc(Cl)cc1S(=O)(=O)N1CC(O)(C2CC2)C1. The molecule has 1 saturated carbocycles. The zero-order chi connectivity index (χ0) is 13.8. The van der Waals surface area contributed by atoms with E-state index in [1.165, 1.54) is 16.4 Å².